The lowest BCUT2D eigenvalue weighted by atomic mass is 10.1. The zero-order chi connectivity index (χ0) is 10.3. The summed E-state index contributed by atoms with van der Waals surface area (Å²) < 4.78 is 0. The Morgan fingerprint density at radius 1 is 1.38 bits per heavy atom. The highest BCUT2D eigenvalue weighted by Gasteiger charge is 2.23. The predicted molar refractivity (Wildman–Crippen MR) is 50.0 cm³/mol. The number of hydrogen-bond donors (Lipinski definition) is 3. The van der Waals surface area contributed by atoms with Gasteiger partial charge >= 0.3 is 11.8 Å². The molecule has 1 saturated heterocycles. The highest BCUT2D eigenvalue weighted by molar-refractivity contribution is 6.35. The van der Waals surface area contributed by atoms with Crippen LogP contribution in [-0.4, -0.2) is 30.9 Å². The lowest BCUT2D eigenvalue weighted by molar-refractivity contribution is -0.141. The summed E-state index contributed by atoms with van der Waals surface area (Å²) in [4.78, 5) is 21.3. The van der Waals surface area contributed by atoms with Crippen LogP contribution in [0.15, 0.2) is 0 Å². The van der Waals surface area contributed by atoms with Gasteiger partial charge in [-0.15, -0.1) is 0 Å². The molecule has 0 spiro atoms. The highest BCUT2D eigenvalue weighted by atomic mass is 16.2. The molecule has 1 heterocycles. The molecule has 5 heteroatoms. The Bertz CT molecular complexity index is 182. The molecule has 1 aliphatic heterocycles. The topological polar surface area (TPSA) is 84.2 Å². The van der Waals surface area contributed by atoms with Crippen molar-refractivity contribution in [2.75, 3.05) is 13.1 Å². The maximum atomic E-state index is 10.7. The number of carbonyl (C=O) groups is 2. The first-order valence-electron chi connectivity index (χ1n) is 4.53. The van der Waals surface area contributed by atoms with Crippen LogP contribution in [0, 0.1) is 0 Å². The van der Waals surface area contributed by atoms with E-state index in [4.69, 9.17) is 5.73 Å². The van der Waals surface area contributed by atoms with Crippen molar-refractivity contribution in [1.82, 2.24) is 10.6 Å². The quantitative estimate of drug-likeness (QED) is 0.484. The van der Waals surface area contributed by atoms with Crippen LogP contribution in [0.25, 0.3) is 0 Å². The van der Waals surface area contributed by atoms with Gasteiger partial charge in [-0.05, 0) is 13.0 Å². The number of amides is 2. The average molecular weight is 187 g/mol. The lowest BCUT2D eigenvalue weighted by Gasteiger charge is -2.22. The zero-order valence-electron chi connectivity index (χ0n) is 8.09. The second-order valence-electron chi connectivity index (χ2n) is 2.46. The number of nitrogens with one attached hydrogen (secondary N) is 2. The Morgan fingerprint density at radius 3 is 2.46 bits per heavy atom. The molecule has 0 aromatic carbocycles. The van der Waals surface area contributed by atoms with Crippen molar-refractivity contribution in [3.63, 3.8) is 0 Å². The van der Waals surface area contributed by atoms with Crippen LogP contribution in [0.4, 0.5) is 0 Å². The molecule has 1 unspecified atom stereocenters. The van der Waals surface area contributed by atoms with E-state index in [2.05, 4.69) is 10.6 Å². The van der Waals surface area contributed by atoms with Crippen molar-refractivity contribution in [2.24, 2.45) is 5.73 Å². The normalized spacial score (nSPS) is 21.0. The van der Waals surface area contributed by atoms with Crippen molar-refractivity contribution >= 4 is 11.8 Å². The third-order valence-electron chi connectivity index (χ3n) is 1.57. The fourth-order valence-corrected chi connectivity index (χ4v) is 0.974. The largest absolute Gasteiger partial charge is 0.346 e. The number of nitrogens with two attached hydrogens (primary N) is 1. The Labute approximate surface area is 78.1 Å². The van der Waals surface area contributed by atoms with E-state index < -0.39 is 11.8 Å². The SMILES string of the molecule is CC.NCCC1CNC(=O)C(=O)N1. The van der Waals surface area contributed by atoms with Gasteiger partial charge in [-0.1, -0.05) is 13.8 Å². The van der Waals surface area contributed by atoms with Crippen molar-refractivity contribution < 1.29 is 9.59 Å². The molecule has 0 saturated carbocycles. The van der Waals surface area contributed by atoms with Gasteiger partial charge in [0.15, 0.2) is 0 Å². The molecule has 2 amide bonds. The fraction of sp³-hybridized carbons (Fsp3) is 0.750. The van der Waals surface area contributed by atoms with Gasteiger partial charge in [-0.25, -0.2) is 0 Å². The van der Waals surface area contributed by atoms with Crippen molar-refractivity contribution in [2.45, 2.75) is 26.3 Å². The third-order valence-corrected chi connectivity index (χ3v) is 1.57. The number of rotatable bonds is 2. The summed E-state index contributed by atoms with van der Waals surface area (Å²) in [5.74, 6) is -1.12. The molecule has 13 heavy (non-hydrogen) atoms. The van der Waals surface area contributed by atoms with E-state index in [-0.39, 0.29) is 6.04 Å². The molecule has 0 radical (unpaired) electrons. The van der Waals surface area contributed by atoms with Gasteiger partial charge in [-0.3, -0.25) is 9.59 Å². The number of hydrogen-bond acceptors (Lipinski definition) is 3. The predicted octanol–water partition coefficient (Wildman–Crippen LogP) is -1.02. The second-order valence-corrected chi connectivity index (χ2v) is 2.46. The van der Waals surface area contributed by atoms with Crippen molar-refractivity contribution in [1.29, 1.82) is 0 Å². The van der Waals surface area contributed by atoms with Crippen LogP contribution in [-0.2, 0) is 9.59 Å². The monoisotopic (exact) mass is 187 g/mol. The van der Waals surface area contributed by atoms with Crippen LogP contribution in [0.2, 0.25) is 0 Å². The van der Waals surface area contributed by atoms with Gasteiger partial charge in [0.2, 0.25) is 0 Å². The standard InChI is InChI=1S/C6H11N3O2.C2H6/c7-2-1-4-3-8-5(10)6(11)9-4;1-2/h4H,1-3,7H2,(H,8,10)(H,9,11);1-2H3. The first kappa shape index (κ1) is 11.9. The minimum atomic E-state index is -0.560. The van der Waals surface area contributed by atoms with Crippen LogP contribution in [0.3, 0.4) is 0 Å². The number of piperazine rings is 1. The summed E-state index contributed by atoms with van der Waals surface area (Å²) in [7, 11) is 0. The van der Waals surface area contributed by atoms with Crippen molar-refractivity contribution in [3.8, 4) is 0 Å². The van der Waals surface area contributed by atoms with E-state index in [1.807, 2.05) is 13.8 Å². The van der Waals surface area contributed by atoms with E-state index in [9.17, 15) is 9.59 Å². The van der Waals surface area contributed by atoms with E-state index in [0.717, 1.165) is 0 Å². The minimum absolute atomic E-state index is 0.00481. The molecule has 1 atom stereocenters. The summed E-state index contributed by atoms with van der Waals surface area (Å²) in [5.41, 5.74) is 5.28. The maximum absolute atomic E-state index is 10.7. The Balaban J connectivity index is 0.000000671. The zero-order valence-corrected chi connectivity index (χ0v) is 8.09. The molecular formula is C8H17N3O2. The van der Waals surface area contributed by atoms with Gasteiger partial charge in [0.1, 0.15) is 0 Å². The Morgan fingerprint density at radius 2 is 2.00 bits per heavy atom. The molecule has 0 bridgehead atoms. The average Bonchev–Trinajstić information content (AvgIpc) is 2.15. The summed E-state index contributed by atoms with van der Waals surface area (Å²) in [5, 5.41) is 5.00. The molecule has 1 fully saturated rings. The molecule has 4 N–H and O–H groups in total. The van der Waals surface area contributed by atoms with Gasteiger partial charge in [0, 0.05) is 12.6 Å². The van der Waals surface area contributed by atoms with Crippen molar-refractivity contribution in [3.05, 3.63) is 0 Å². The van der Waals surface area contributed by atoms with Crippen LogP contribution >= 0.6 is 0 Å². The molecule has 0 aromatic heterocycles. The maximum Gasteiger partial charge on any atom is 0.309 e. The molecular weight excluding hydrogens is 170 g/mol. The summed E-state index contributed by atoms with van der Waals surface area (Å²) >= 11 is 0. The summed E-state index contributed by atoms with van der Waals surface area (Å²) in [6, 6.07) is 0.00481. The van der Waals surface area contributed by atoms with Crippen LogP contribution < -0.4 is 16.4 Å². The van der Waals surface area contributed by atoms with E-state index >= 15 is 0 Å². The van der Waals surface area contributed by atoms with Gasteiger partial charge in [0.25, 0.3) is 0 Å². The van der Waals surface area contributed by atoms with E-state index in [1.165, 1.54) is 0 Å². The molecule has 0 aliphatic carbocycles. The van der Waals surface area contributed by atoms with Gasteiger partial charge in [0.05, 0.1) is 0 Å². The molecule has 76 valence electrons. The molecule has 1 aliphatic rings. The van der Waals surface area contributed by atoms with Crippen LogP contribution in [0.1, 0.15) is 20.3 Å². The molecule has 0 aromatic rings. The van der Waals surface area contributed by atoms with E-state index in [1.54, 1.807) is 0 Å². The number of carbonyl (C=O) groups excluding carboxylic acids is 2. The first-order chi connectivity index (χ1) is 6.24. The second kappa shape index (κ2) is 6.42. The van der Waals surface area contributed by atoms with Gasteiger partial charge < -0.3 is 16.4 Å². The highest BCUT2D eigenvalue weighted by Crippen LogP contribution is 1.92. The van der Waals surface area contributed by atoms with Crippen LogP contribution in [0.5, 0.6) is 0 Å². The first-order valence-corrected chi connectivity index (χ1v) is 4.53. The molecule has 5 nitrogen and oxygen atoms in total. The summed E-state index contributed by atoms with van der Waals surface area (Å²) in [6.07, 6.45) is 0.700. The Hall–Kier alpha value is -1.10. The molecule has 1 rings (SSSR count). The lowest BCUT2D eigenvalue weighted by Crippen LogP contribution is -2.56. The Kier molecular flexibility index (Phi) is 5.88. The fourth-order valence-electron chi connectivity index (χ4n) is 0.974. The van der Waals surface area contributed by atoms with Gasteiger partial charge in [-0.2, -0.15) is 0 Å². The summed E-state index contributed by atoms with van der Waals surface area (Å²) in [6.45, 7) is 5.00. The van der Waals surface area contributed by atoms with E-state index in [0.29, 0.717) is 19.5 Å². The third kappa shape index (κ3) is 3.89. The minimum Gasteiger partial charge on any atom is -0.346 e. The smallest absolute Gasteiger partial charge is 0.309 e.